The van der Waals surface area contributed by atoms with Crippen molar-refractivity contribution in [1.29, 1.82) is 0 Å². The van der Waals surface area contributed by atoms with E-state index in [1.54, 1.807) is 12.4 Å². The highest BCUT2D eigenvalue weighted by molar-refractivity contribution is 5.52. The first-order chi connectivity index (χ1) is 12.6. The summed E-state index contributed by atoms with van der Waals surface area (Å²) in [5.74, 6) is 0.539. The van der Waals surface area contributed by atoms with Crippen LogP contribution in [0.25, 0.3) is 11.4 Å². The van der Waals surface area contributed by atoms with Crippen molar-refractivity contribution in [1.82, 2.24) is 24.8 Å². The highest BCUT2D eigenvalue weighted by Gasteiger charge is 2.22. The van der Waals surface area contributed by atoms with Gasteiger partial charge in [0.25, 0.3) is 5.56 Å². The van der Waals surface area contributed by atoms with Gasteiger partial charge in [-0.2, -0.15) is 0 Å². The fourth-order valence-electron chi connectivity index (χ4n) is 3.44. The van der Waals surface area contributed by atoms with Crippen molar-refractivity contribution in [3.63, 3.8) is 0 Å². The SMILES string of the molecule is Cc1ccc(CN2CCc3nc(-c4cncnc4)[nH]c(=O)c3C2)c(C)c1. The Balaban J connectivity index is 1.58. The molecule has 3 aromatic rings. The molecule has 1 aromatic carbocycles. The van der Waals surface area contributed by atoms with E-state index in [2.05, 4.69) is 56.9 Å². The molecule has 0 saturated heterocycles. The van der Waals surface area contributed by atoms with Gasteiger partial charge in [0.15, 0.2) is 0 Å². The first kappa shape index (κ1) is 16.6. The zero-order valence-corrected chi connectivity index (χ0v) is 15.0. The first-order valence-electron chi connectivity index (χ1n) is 8.76. The number of hydrogen-bond donors (Lipinski definition) is 1. The minimum atomic E-state index is -0.0702. The molecular weight excluding hydrogens is 326 g/mol. The van der Waals surface area contributed by atoms with Crippen molar-refractivity contribution < 1.29 is 0 Å². The van der Waals surface area contributed by atoms with Crippen molar-refractivity contribution in [2.24, 2.45) is 0 Å². The van der Waals surface area contributed by atoms with Gasteiger partial charge in [-0.15, -0.1) is 0 Å². The number of aryl methyl sites for hydroxylation is 2. The summed E-state index contributed by atoms with van der Waals surface area (Å²) in [5.41, 5.74) is 6.17. The third-order valence-corrected chi connectivity index (χ3v) is 4.87. The Kier molecular flexibility index (Phi) is 4.34. The minimum absolute atomic E-state index is 0.0702. The topological polar surface area (TPSA) is 74.8 Å². The number of fused-ring (bicyclic) bond motifs is 1. The summed E-state index contributed by atoms with van der Waals surface area (Å²) in [4.78, 5) is 30.4. The minimum Gasteiger partial charge on any atom is -0.306 e. The lowest BCUT2D eigenvalue weighted by atomic mass is 10.0. The molecule has 6 nitrogen and oxygen atoms in total. The summed E-state index contributed by atoms with van der Waals surface area (Å²) < 4.78 is 0. The van der Waals surface area contributed by atoms with Crippen LogP contribution in [0.15, 0.2) is 41.7 Å². The molecular formula is C20H21N5O. The van der Waals surface area contributed by atoms with Gasteiger partial charge in [-0.05, 0) is 25.0 Å². The van der Waals surface area contributed by atoms with Crippen LogP contribution < -0.4 is 5.56 Å². The second kappa shape index (κ2) is 6.80. The second-order valence-electron chi connectivity index (χ2n) is 6.86. The molecule has 0 bridgehead atoms. The van der Waals surface area contributed by atoms with Crippen LogP contribution >= 0.6 is 0 Å². The maximum Gasteiger partial charge on any atom is 0.255 e. The Hall–Kier alpha value is -2.86. The smallest absolute Gasteiger partial charge is 0.255 e. The highest BCUT2D eigenvalue weighted by Crippen LogP contribution is 2.20. The summed E-state index contributed by atoms with van der Waals surface area (Å²) in [5, 5.41) is 0. The highest BCUT2D eigenvalue weighted by atomic mass is 16.1. The fourth-order valence-corrected chi connectivity index (χ4v) is 3.44. The number of hydrogen-bond acceptors (Lipinski definition) is 5. The van der Waals surface area contributed by atoms with Gasteiger partial charge in [0, 0.05) is 38.4 Å². The average molecular weight is 347 g/mol. The Morgan fingerprint density at radius 1 is 1.19 bits per heavy atom. The Morgan fingerprint density at radius 3 is 2.77 bits per heavy atom. The molecule has 26 heavy (non-hydrogen) atoms. The third-order valence-electron chi connectivity index (χ3n) is 4.87. The monoisotopic (exact) mass is 347 g/mol. The van der Waals surface area contributed by atoms with Gasteiger partial charge in [0.1, 0.15) is 12.2 Å². The van der Waals surface area contributed by atoms with E-state index in [0.29, 0.717) is 12.4 Å². The number of nitrogens with zero attached hydrogens (tertiary/aromatic N) is 4. The number of aromatic nitrogens is 4. The fraction of sp³-hybridized carbons (Fsp3) is 0.300. The average Bonchev–Trinajstić information content (AvgIpc) is 2.65. The van der Waals surface area contributed by atoms with Crippen LogP contribution in [0.5, 0.6) is 0 Å². The van der Waals surface area contributed by atoms with Crippen LogP contribution in [0, 0.1) is 13.8 Å². The van der Waals surface area contributed by atoms with Gasteiger partial charge < -0.3 is 4.98 Å². The maximum absolute atomic E-state index is 12.6. The lowest BCUT2D eigenvalue weighted by Gasteiger charge is -2.28. The number of benzene rings is 1. The Morgan fingerprint density at radius 2 is 2.00 bits per heavy atom. The van der Waals surface area contributed by atoms with Crippen LogP contribution in [-0.2, 0) is 19.5 Å². The molecule has 0 radical (unpaired) electrons. The van der Waals surface area contributed by atoms with Crippen LogP contribution in [0.2, 0.25) is 0 Å². The normalized spacial score (nSPS) is 14.2. The third kappa shape index (κ3) is 3.28. The largest absolute Gasteiger partial charge is 0.306 e. The summed E-state index contributed by atoms with van der Waals surface area (Å²) >= 11 is 0. The molecule has 0 unspecified atom stereocenters. The van der Waals surface area contributed by atoms with Crippen molar-refractivity contribution >= 4 is 0 Å². The molecule has 0 aliphatic carbocycles. The van der Waals surface area contributed by atoms with Gasteiger partial charge in [-0.1, -0.05) is 23.8 Å². The van der Waals surface area contributed by atoms with Crippen molar-refractivity contribution in [2.45, 2.75) is 33.4 Å². The van der Waals surface area contributed by atoms with Gasteiger partial charge in [-0.25, -0.2) is 15.0 Å². The lowest BCUT2D eigenvalue weighted by Crippen LogP contribution is -2.35. The molecule has 2 aromatic heterocycles. The van der Waals surface area contributed by atoms with Crippen molar-refractivity contribution in [2.75, 3.05) is 6.54 Å². The van der Waals surface area contributed by atoms with Gasteiger partial charge in [0.2, 0.25) is 0 Å². The van der Waals surface area contributed by atoms with E-state index in [-0.39, 0.29) is 5.56 Å². The Labute approximate surface area is 152 Å². The molecule has 0 atom stereocenters. The second-order valence-corrected chi connectivity index (χ2v) is 6.86. The van der Waals surface area contributed by atoms with Gasteiger partial charge in [-0.3, -0.25) is 9.69 Å². The molecule has 4 rings (SSSR count). The van der Waals surface area contributed by atoms with Crippen LogP contribution in [-0.4, -0.2) is 31.4 Å². The molecule has 0 spiro atoms. The van der Waals surface area contributed by atoms with E-state index in [9.17, 15) is 4.79 Å². The molecule has 6 heteroatoms. The molecule has 132 valence electrons. The number of nitrogens with one attached hydrogen (secondary N) is 1. The molecule has 0 fully saturated rings. The lowest BCUT2D eigenvalue weighted by molar-refractivity contribution is 0.241. The van der Waals surface area contributed by atoms with Gasteiger partial charge in [0.05, 0.1) is 16.8 Å². The summed E-state index contributed by atoms with van der Waals surface area (Å²) in [6.07, 6.45) is 5.55. The number of rotatable bonds is 3. The predicted molar refractivity (Wildman–Crippen MR) is 99.6 cm³/mol. The van der Waals surface area contributed by atoms with Crippen molar-refractivity contribution in [3.05, 3.63) is 75.2 Å². The van der Waals surface area contributed by atoms with E-state index in [0.717, 1.165) is 36.3 Å². The molecule has 0 saturated carbocycles. The van der Waals surface area contributed by atoms with Crippen LogP contribution in [0.1, 0.15) is 27.9 Å². The predicted octanol–water partition coefficient (Wildman–Crippen LogP) is 2.40. The quantitative estimate of drug-likeness (QED) is 0.787. The van der Waals surface area contributed by atoms with E-state index in [4.69, 9.17) is 0 Å². The molecule has 1 N–H and O–H groups in total. The van der Waals surface area contributed by atoms with Crippen LogP contribution in [0.4, 0.5) is 0 Å². The first-order valence-corrected chi connectivity index (χ1v) is 8.76. The molecule has 1 aliphatic rings. The van der Waals surface area contributed by atoms with Gasteiger partial charge >= 0.3 is 0 Å². The van der Waals surface area contributed by atoms with E-state index >= 15 is 0 Å². The molecule has 3 heterocycles. The molecule has 1 aliphatic heterocycles. The number of aromatic amines is 1. The number of H-pyrrole nitrogens is 1. The molecule has 0 amide bonds. The Bertz CT molecular complexity index is 997. The van der Waals surface area contributed by atoms with Crippen LogP contribution in [0.3, 0.4) is 0 Å². The summed E-state index contributed by atoms with van der Waals surface area (Å²) in [7, 11) is 0. The zero-order chi connectivity index (χ0) is 18.1. The van der Waals surface area contributed by atoms with E-state index in [1.165, 1.54) is 23.0 Å². The van der Waals surface area contributed by atoms with E-state index in [1.807, 2.05) is 0 Å². The van der Waals surface area contributed by atoms with E-state index < -0.39 is 0 Å². The standard InChI is InChI=1S/C20H21N5O/c1-13-3-4-15(14(2)7-13)10-25-6-5-18-17(11-25)20(26)24-19(23-18)16-8-21-12-22-9-16/h3-4,7-9,12H,5-6,10-11H2,1-2H3,(H,23,24,26). The summed E-state index contributed by atoms with van der Waals surface area (Å²) in [6, 6.07) is 6.53. The summed E-state index contributed by atoms with van der Waals surface area (Å²) in [6.45, 7) is 6.61. The van der Waals surface area contributed by atoms with Crippen molar-refractivity contribution in [3.8, 4) is 11.4 Å². The zero-order valence-electron chi connectivity index (χ0n) is 15.0. The maximum atomic E-state index is 12.6.